The predicted molar refractivity (Wildman–Crippen MR) is 49.7 cm³/mol. The maximum absolute atomic E-state index is 3.92. The van der Waals surface area contributed by atoms with Crippen molar-refractivity contribution in [1.82, 2.24) is 30.8 Å². The smallest absolute Gasteiger partial charge is 0.222 e. The summed E-state index contributed by atoms with van der Waals surface area (Å²) in [5.41, 5.74) is 4.22. The molecule has 1 aromatic heterocycles. The highest BCUT2D eigenvalue weighted by molar-refractivity contribution is 5.78. The van der Waals surface area contributed by atoms with Crippen LogP contribution in [0.4, 0.5) is 0 Å². The molecule has 0 aromatic carbocycles. The monoisotopic (exact) mass is 188 g/mol. The van der Waals surface area contributed by atoms with Crippen LogP contribution in [0.2, 0.25) is 0 Å². The molecule has 14 heavy (non-hydrogen) atoms. The Kier molecular flexibility index (Phi) is 1.27. The zero-order valence-electron chi connectivity index (χ0n) is 7.50. The zero-order valence-corrected chi connectivity index (χ0v) is 7.50. The van der Waals surface area contributed by atoms with Gasteiger partial charge in [0.25, 0.3) is 0 Å². The van der Waals surface area contributed by atoms with Gasteiger partial charge in [0, 0.05) is 5.56 Å². The molecule has 1 aromatic rings. The second-order valence-electron chi connectivity index (χ2n) is 3.22. The minimum absolute atomic E-state index is 0.571. The van der Waals surface area contributed by atoms with Gasteiger partial charge in [-0.15, -0.1) is 10.2 Å². The lowest BCUT2D eigenvalue weighted by atomic mass is 10.2. The third-order valence-corrected chi connectivity index (χ3v) is 2.19. The van der Waals surface area contributed by atoms with Crippen molar-refractivity contribution in [3.8, 4) is 22.8 Å². The first kappa shape index (κ1) is 7.31. The molecular weight excluding hydrogens is 180 g/mol. The van der Waals surface area contributed by atoms with E-state index in [0.29, 0.717) is 5.82 Å². The van der Waals surface area contributed by atoms with Crippen molar-refractivity contribution in [3.05, 3.63) is 17.7 Å². The summed E-state index contributed by atoms with van der Waals surface area (Å²) in [7, 11) is 0. The van der Waals surface area contributed by atoms with Gasteiger partial charge in [-0.2, -0.15) is 5.21 Å². The van der Waals surface area contributed by atoms with Crippen molar-refractivity contribution in [2.24, 2.45) is 0 Å². The van der Waals surface area contributed by atoms with Crippen LogP contribution in [0.5, 0.6) is 0 Å². The van der Waals surface area contributed by atoms with Crippen LogP contribution in [0.25, 0.3) is 22.8 Å². The Morgan fingerprint density at radius 2 is 2.14 bits per heavy atom. The Morgan fingerprint density at radius 1 is 1.21 bits per heavy atom. The third-order valence-electron chi connectivity index (χ3n) is 2.19. The molecule has 0 bridgehead atoms. The lowest BCUT2D eigenvalue weighted by molar-refractivity contribution is 0.881. The minimum atomic E-state index is 0.571. The van der Waals surface area contributed by atoms with Gasteiger partial charge in [0.1, 0.15) is 5.69 Å². The third kappa shape index (κ3) is 0.875. The molecule has 0 unspecified atom stereocenters. The van der Waals surface area contributed by atoms with Crippen molar-refractivity contribution in [1.29, 1.82) is 0 Å². The van der Waals surface area contributed by atoms with Crippen molar-refractivity contribution >= 4 is 0 Å². The summed E-state index contributed by atoms with van der Waals surface area (Å²) >= 11 is 0. The number of nitrogens with one attached hydrogen (secondary N) is 3. The van der Waals surface area contributed by atoms with Gasteiger partial charge < -0.3 is 5.10 Å². The van der Waals surface area contributed by atoms with Crippen molar-refractivity contribution in [3.63, 3.8) is 0 Å². The molecule has 2 heterocycles. The van der Waals surface area contributed by atoms with E-state index >= 15 is 0 Å². The van der Waals surface area contributed by atoms with E-state index in [0.717, 1.165) is 17.0 Å². The van der Waals surface area contributed by atoms with E-state index in [1.165, 1.54) is 5.56 Å². The van der Waals surface area contributed by atoms with Gasteiger partial charge in [0.15, 0.2) is 0 Å². The van der Waals surface area contributed by atoms with E-state index in [9.17, 15) is 0 Å². The fourth-order valence-corrected chi connectivity index (χ4v) is 1.60. The quantitative estimate of drug-likeness (QED) is 0.531. The van der Waals surface area contributed by atoms with Crippen LogP contribution in [-0.2, 0) is 0 Å². The van der Waals surface area contributed by atoms with E-state index < -0.39 is 0 Å². The fraction of sp³-hybridized carbons (Fsp3) is 0.125. The summed E-state index contributed by atoms with van der Waals surface area (Å²) in [5.74, 6) is 0.571. The van der Waals surface area contributed by atoms with Crippen LogP contribution >= 0.6 is 0 Å². The van der Waals surface area contributed by atoms with E-state index in [1.807, 2.05) is 6.92 Å². The maximum atomic E-state index is 3.92. The number of fused-ring (bicyclic) bond motifs is 1. The molecule has 6 heteroatoms. The highest BCUT2D eigenvalue weighted by atomic mass is 15.5. The van der Waals surface area contributed by atoms with Crippen molar-refractivity contribution in [2.45, 2.75) is 6.92 Å². The van der Waals surface area contributed by atoms with E-state index in [-0.39, 0.29) is 0 Å². The highest BCUT2D eigenvalue weighted by Crippen LogP contribution is 2.31. The summed E-state index contributed by atoms with van der Waals surface area (Å²) < 4.78 is 0. The van der Waals surface area contributed by atoms with E-state index in [4.69, 9.17) is 0 Å². The van der Waals surface area contributed by atoms with Crippen LogP contribution in [0.15, 0.2) is 12.1 Å². The first-order valence-electron chi connectivity index (χ1n) is 4.25. The molecule has 1 aliphatic heterocycles. The molecule has 2 aliphatic rings. The van der Waals surface area contributed by atoms with Gasteiger partial charge >= 0.3 is 0 Å². The Hall–Kier alpha value is -2.11. The number of H-pyrrole nitrogens is 3. The number of aromatic nitrogens is 6. The molecule has 0 atom stereocenters. The average Bonchev–Trinajstić information content (AvgIpc) is 2.77. The molecule has 0 saturated carbocycles. The Balaban J connectivity index is 2.23. The maximum Gasteiger partial charge on any atom is 0.222 e. The van der Waals surface area contributed by atoms with E-state index in [2.05, 4.69) is 43.0 Å². The average molecular weight is 188 g/mol. The first-order valence-corrected chi connectivity index (χ1v) is 4.25. The largest absolute Gasteiger partial charge is 0.300 e. The standard InChI is InChI=1S/C8H8N6/c1-4-2-5-6(3-4)9-10-7(5)8-11-13-14-12-8/h2-3,9-10H,1H3,(H,11,12,13,14). The van der Waals surface area contributed by atoms with Crippen LogP contribution in [0.1, 0.15) is 5.56 Å². The van der Waals surface area contributed by atoms with Crippen LogP contribution in [-0.4, -0.2) is 30.8 Å². The molecular formula is C8H8N6. The van der Waals surface area contributed by atoms with Crippen LogP contribution in [0, 0.1) is 6.92 Å². The SMILES string of the molecule is Cc1cc2[nH][nH]c(-c3nn[nH]n3)c-2c1. The summed E-state index contributed by atoms with van der Waals surface area (Å²) in [6, 6.07) is 4.14. The molecule has 0 amide bonds. The molecule has 6 nitrogen and oxygen atoms in total. The summed E-state index contributed by atoms with van der Waals surface area (Å²) in [6.45, 7) is 2.05. The predicted octanol–water partition coefficient (Wildman–Crippen LogP) is 0.936. The normalized spacial score (nSPS) is 11.2. The molecule has 3 N–H and O–H groups in total. The fourth-order valence-electron chi connectivity index (χ4n) is 1.60. The number of hydrogen-bond acceptors (Lipinski definition) is 3. The van der Waals surface area contributed by atoms with Gasteiger partial charge in [-0.1, -0.05) is 0 Å². The van der Waals surface area contributed by atoms with Gasteiger partial charge in [-0.05, 0) is 29.8 Å². The molecule has 0 fully saturated rings. The molecule has 0 spiro atoms. The number of hydrogen-bond donors (Lipinski definition) is 3. The van der Waals surface area contributed by atoms with E-state index in [1.54, 1.807) is 0 Å². The van der Waals surface area contributed by atoms with Crippen molar-refractivity contribution < 1.29 is 0 Å². The summed E-state index contributed by atoms with van der Waals surface area (Å²) in [4.78, 5) is 0. The number of aromatic amines is 3. The second-order valence-corrected chi connectivity index (χ2v) is 3.22. The molecule has 1 aliphatic carbocycles. The molecule has 3 rings (SSSR count). The summed E-state index contributed by atoms with van der Waals surface area (Å²) in [6.07, 6.45) is 0. The zero-order chi connectivity index (χ0) is 9.54. The number of nitrogens with zero attached hydrogens (tertiary/aromatic N) is 3. The van der Waals surface area contributed by atoms with Crippen LogP contribution < -0.4 is 0 Å². The number of tetrazole rings is 1. The minimum Gasteiger partial charge on any atom is -0.300 e. The Labute approximate surface area is 79.0 Å². The molecule has 0 saturated heterocycles. The summed E-state index contributed by atoms with van der Waals surface area (Å²) in [5, 5.41) is 19.9. The van der Waals surface area contributed by atoms with Gasteiger partial charge in [-0.3, -0.25) is 5.10 Å². The number of aryl methyl sites for hydroxylation is 1. The number of rotatable bonds is 1. The lowest BCUT2D eigenvalue weighted by Gasteiger charge is -1.88. The van der Waals surface area contributed by atoms with Gasteiger partial charge in [-0.25, -0.2) is 0 Å². The highest BCUT2D eigenvalue weighted by Gasteiger charge is 2.16. The Morgan fingerprint density at radius 3 is 2.93 bits per heavy atom. The Bertz CT molecular complexity index is 516. The molecule has 70 valence electrons. The topological polar surface area (TPSA) is 86.0 Å². The van der Waals surface area contributed by atoms with Gasteiger partial charge in [0.05, 0.1) is 5.69 Å². The first-order chi connectivity index (χ1) is 6.84. The van der Waals surface area contributed by atoms with Crippen molar-refractivity contribution in [2.75, 3.05) is 0 Å². The lowest BCUT2D eigenvalue weighted by Crippen LogP contribution is -1.82. The van der Waals surface area contributed by atoms with Crippen LogP contribution in [0.3, 0.4) is 0 Å². The second kappa shape index (κ2) is 2.44. The molecule has 0 radical (unpaired) electrons. The van der Waals surface area contributed by atoms with Gasteiger partial charge in [0.2, 0.25) is 5.82 Å².